The number of nitrogens with zero attached hydrogens (tertiary/aromatic N) is 2. The number of thiophene rings is 1. The molecule has 5 rings (SSSR count). The highest BCUT2D eigenvalue weighted by atomic mass is 35.5. The first kappa shape index (κ1) is 24.7. The summed E-state index contributed by atoms with van der Waals surface area (Å²) in [6.07, 6.45) is 0.975. The van der Waals surface area contributed by atoms with E-state index in [1.165, 1.54) is 11.3 Å². The standard InChI is InChI=1S/C29H25ClN4O2S/c30-25-17-16-24(37-25)28(35)33-26(20-8-3-1-4-9-20)29(36)32-22-12-14-23(15-13-22)34-19-7-18-31-27(34)21-10-5-2-6-11-21/h1-6,8-17,26H,7,18-19H2,(H,32,36)(H,33,35). The molecule has 0 aliphatic carbocycles. The van der Waals surface area contributed by atoms with Crippen LogP contribution in [0.3, 0.4) is 0 Å². The number of aliphatic imine (C=N–C) groups is 1. The van der Waals surface area contributed by atoms with Crippen molar-refractivity contribution in [1.82, 2.24) is 5.32 Å². The van der Waals surface area contributed by atoms with Crippen molar-refractivity contribution < 1.29 is 9.59 Å². The number of anilines is 2. The fourth-order valence-corrected chi connectivity index (χ4v) is 5.16. The van der Waals surface area contributed by atoms with E-state index in [0.29, 0.717) is 20.5 Å². The van der Waals surface area contributed by atoms with Crippen LogP contribution in [-0.4, -0.2) is 30.7 Å². The molecule has 1 aliphatic heterocycles. The molecule has 6 nitrogen and oxygen atoms in total. The van der Waals surface area contributed by atoms with E-state index in [-0.39, 0.29) is 11.8 Å². The maximum absolute atomic E-state index is 13.3. The summed E-state index contributed by atoms with van der Waals surface area (Å²) in [5.41, 5.74) is 3.40. The average Bonchev–Trinajstić information content (AvgIpc) is 3.39. The predicted octanol–water partition coefficient (Wildman–Crippen LogP) is 6.17. The summed E-state index contributed by atoms with van der Waals surface area (Å²) in [5, 5.41) is 5.80. The van der Waals surface area contributed by atoms with Gasteiger partial charge in [-0.15, -0.1) is 11.3 Å². The SMILES string of the molecule is O=C(NC(C(=O)Nc1ccc(N2CCCN=C2c2ccccc2)cc1)c1ccccc1)c1ccc(Cl)s1. The van der Waals surface area contributed by atoms with E-state index in [2.05, 4.69) is 27.7 Å². The number of halogens is 1. The molecule has 4 aromatic rings. The van der Waals surface area contributed by atoms with Crippen molar-refractivity contribution in [2.45, 2.75) is 12.5 Å². The van der Waals surface area contributed by atoms with Gasteiger partial charge in [-0.2, -0.15) is 0 Å². The first-order valence-electron chi connectivity index (χ1n) is 12.0. The van der Waals surface area contributed by atoms with Crippen molar-refractivity contribution >= 4 is 52.0 Å². The number of carbonyl (C=O) groups is 2. The number of amidine groups is 1. The first-order valence-corrected chi connectivity index (χ1v) is 13.2. The lowest BCUT2D eigenvalue weighted by Gasteiger charge is -2.30. The Morgan fingerprint density at radius 2 is 1.59 bits per heavy atom. The van der Waals surface area contributed by atoms with E-state index >= 15 is 0 Å². The number of hydrogen-bond acceptors (Lipinski definition) is 5. The molecule has 3 aromatic carbocycles. The van der Waals surface area contributed by atoms with Gasteiger partial charge in [0.1, 0.15) is 11.9 Å². The summed E-state index contributed by atoms with van der Waals surface area (Å²) < 4.78 is 0.514. The van der Waals surface area contributed by atoms with Gasteiger partial charge >= 0.3 is 0 Å². The van der Waals surface area contributed by atoms with Gasteiger partial charge in [-0.3, -0.25) is 14.6 Å². The largest absolute Gasteiger partial charge is 0.336 e. The van der Waals surface area contributed by atoms with E-state index in [0.717, 1.165) is 36.6 Å². The molecule has 1 aliphatic rings. The van der Waals surface area contributed by atoms with Crippen molar-refractivity contribution in [3.05, 3.63) is 117 Å². The third-order valence-corrected chi connectivity index (χ3v) is 7.23. The molecule has 2 amide bonds. The molecule has 2 N–H and O–H groups in total. The number of nitrogens with one attached hydrogen (secondary N) is 2. The molecule has 0 spiro atoms. The summed E-state index contributed by atoms with van der Waals surface area (Å²) in [6, 6.07) is 29.4. The highest BCUT2D eigenvalue weighted by molar-refractivity contribution is 7.18. The van der Waals surface area contributed by atoms with E-state index < -0.39 is 6.04 Å². The van der Waals surface area contributed by atoms with Crippen molar-refractivity contribution in [3.63, 3.8) is 0 Å². The van der Waals surface area contributed by atoms with Crippen LogP contribution in [0.1, 0.15) is 33.3 Å². The van der Waals surface area contributed by atoms with Gasteiger partial charge in [-0.1, -0.05) is 72.3 Å². The third kappa shape index (κ3) is 5.90. The van der Waals surface area contributed by atoms with Crippen molar-refractivity contribution in [3.8, 4) is 0 Å². The Bertz CT molecular complexity index is 1400. The number of rotatable bonds is 7. The molecule has 0 saturated carbocycles. The van der Waals surface area contributed by atoms with E-state index in [9.17, 15) is 9.59 Å². The highest BCUT2D eigenvalue weighted by Crippen LogP contribution is 2.25. The van der Waals surface area contributed by atoms with E-state index in [1.54, 1.807) is 12.1 Å². The normalized spacial score (nSPS) is 14.0. The summed E-state index contributed by atoms with van der Waals surface area (Å²) in [4.78, 5) is 33.5. The second-order valence-electron chi connectivity index (χ2n) is 8.53. The maximum Gasteiger partial charge on any atom is 0.262 e. The van der Waals surface area contributed by atoms with Gasteiger partial charge in [0.2, 0.25) is 0 Å². The van der Waals surface area contributed by atoms with Crippen LogP contribution in [0, 0.1) is 0 Å². The Kier molecular flexibility index (Phi) is 7.63. The summed E-state index contributed by atoms with van der Waals surface area (Å²) in [6.45, 7) is 1.67. The molecule has 8 heteroatoms. The second kappa shape index (κ2) is 11.4. The van der Waals surface area contributed by atoms with Crippen LogP contribution in [0.25, 0.3) is 0 Å². The second-order valence-corrected chi connectivity index (χ2v) is 10.2. The van der Waals surface area contributed by atoms with Crippen molar-refractivity contribution in [1.29, 1.82) is 0 Å². The van der Waals surface area contributed by atoms with Gasteiger partial charge in [-0.25, -0.2) is 0 Å². The Labute approximate surface area is 224 Å². The molecule has 0 radical (unpaired) electrons. The van der Waals surface area contributed by atoms with Crippen LogP contribution >= 0.6 is 22.9 Å². The molecular weight excluding hydrogens is 504 g/mol. The monoisotopic (exact) mass is 528 g/mol. The van der Waals surface area contributed by atoms with Gasteiger partial charge in [0.25, 0.3) is 11.8 Å². The zero-order valence-electron chi connectivity index (χ0n) is 19.9. The predicted molar refractivity (Wildman–Crippen MR) is 151 cm³/mol. The zero-order chi connectivity index (χ0) is 25.6. The summed E-state index contributed by atoms with van der Waals surface area (Å²) in [5.74, 6) is 0.262. The number of benzene rings is 3. The minimum atomic E-state index is -0.867. The van der Waals surface area contributed by atoms with Gasteiger partial charge in [0, 0.05) is 30.0 Å². The molecular formula is C29H25ClN4O2S. The van der Waals surface area contributed by atoms with Gasteiger partial charge in [0.15, 0.2) is 0 Å². The molecule has 0 saturated heterocycles. The van der Waals surface area contributed by atoms with E-state index in [4.69, 9.17) is 16.6 Å². The fraction of sp³-hybridized carbons (Fsp3) is 0.138. The van der Waals surface area contributed by atoms with Crippen LogP contribution in [0.2, 0.25) is 4.34 Å². The molecule has 2 heterocycles. The minimum Gasteiger partial charge on any atom is -0.336 e. The topological polar surface area (TPSA) is 73.8 Å². The zero-order valence-corrected chi connectivity index (χ0v) is 21.5. The molecule has 1 aromatic heterocycles. The third-order valence-electron chi connectivity index (χ3n) is 6.00. The van der Waals surface area contributed by atoms with Gasteiger partial charge in [0.05, 0.1) is 9.21 Å². The molecule has 37 heavy (non-hydrogen) atoms. The molecule has 186 valence electrons. The lowest BCUT2D eigenvalue weighted by Crippen LogP contribution is -2.37. The number of amides is 2. The lowest BCUT2D eigenvalue weighted by molar-refractivity contribution is -0.118. The molecule has 1 atom stereocenters. The molecule has 1 unspecified atom stereocenters. The van der Waals surface area contributed by atoms with Gasteiger partial charge in [-0.05, 0) is 48.4 Å². The molecule has 0 fully saturated rings. The number of hydrogen-bond donors (Lipinski definition) is 2. The van der Waals surface area contributed by atoms with Crippen molar-refractivity contribution in [2.75, 3.05) is 23.3 Å². The van der Waals surface area contributed by atoms with Crippen molar-refractivity contribution in [2.24, 2.45) is 4.99 Å². The molecule has 0 bridgehead atoms. The lowest BCUT2D eigenvalue weighted by atomic mass is 10.1. The Morgan fingerprint density at radius 1 is 0.892 bits per heavy atom. The Hall–Kier alpha value is -3.94. The maximum atomic E-state index is 13.3. The van der Waals surface area contributed by atoms with Crippen LogP contribution in [0.5, 0.6) is 0 Å². The smallest absolute Gasteiger partial charge is 0.262 e. The Morgan fingerprint density at radius 3 is 2.27 bits per heavy atom. The highest BCUT2D eigenvalue weighted by Gasteiger charge is 2.24. The Balaban J connectivity index is 1.33. The summed E-state index contributed by atoms with van der Waals surface area (Å²) in [7, 11) is 0. The first-order chi connectivity index (χ1) is 18.1. The van der Waals surface area contributed by atoms with Gasteiger partial charge < -0.3 is 15.5 Å². The van der Waals surface area contributed by atoms with E-state index in [1.807, 2.05) is 72.8 Å². The van der Waals surface area contributed by atoms with Crippen LogP contribution < -0.4 is 15.5 Å². The number of carbonyl (C=O) groups excluding carboxylic acids is 2. The minimum absolute atomic E-state index is 0.334. The fourth-order valence-electron chi connectivity index (χ4n) is 4.21. The quantitative estimate of drug-likeness (QED) is 0.301. The summed E-state index contributed by atoms with van der Waals surface area (Å²) >= 11 is 7.16. The average molecular weight is 529 g/mol. The van der Waals surface area contributed by atoms with Crippen LogP contribution in [0.4, 0.5) is 11.4 Å². The van der Waals surface area contributed by atoms with Crippen LogP contribution in [0.15, 0.2) is 102 Å². The van der Waals surface area contributed by atoms with Crippen LogP contribution in [-0.2, 0) is 4.79 Å².